The molecular formula is C14H21N5. The Morgan fingerprint density at radius 3 is 2.74 bits per heavy atom. The van der Waals surface area contributed by atoms with Crippen molar-refractivity contribution in [2.75, 3.05) is 6.54 Å². The number of hydrogen-bond acceptors (Lipinski definition) is 4. The molecule has 1 unspecified atom stereocenters. The quantitative estimate of drug-likeness (QED) is 0.828. The molecule has 0 saturated carbocycles. The predicted octanol–water partition coefficient (Wildman–Crippen LogP) is 2.17. The molecule has 2 heterocycles. The molecular weight excluding hydrogens is 238 g/mol. The lowest BCUT2D eigenvalue weighted by atomic mass is 10.2. The fourth-order valence-electron chi connectivity index (χ4n) is 2.09. The summed E-state index contributed by atoms with van der Waals surface area (Å²) in [7, 11) is 0. The summed E-state index contributed by atoms with van der Waals surface area (Å²) >= 11 is 0. The van der Waals surface area contributed by atoms with Crippen molar-refractivity contribution in [3.8, 4) is 0 Å². The monoisotopic (exact) mass is 259 g/mol. The average Bonchev–Trinajstić information content (AvgIpc) is 2.89. The standard InChI is InChI=1S/C14H21N5/c1-3-5-17-13(12-11-15-6-7-16-12)14-18-8-10-19(14)9-4-2/h6-8,10-11,13,17H,3-5,9H2,1-2H3. The van der Waals surface area contributed by atoms with Gasteiger partial charge in [-0.15, -0.1) is 0 Å². The van der Waals surface area contributed by atoms with Gasteiger partial charge in [0.05, 0.1) is 11.9 Å². The normalized spacial score (nSPS) is 12.5. The second kappa shape index (κ2) is 6.99. The van der Waals surface area contributed by atoms with Gasteiger partial charge in [0.25, 0.3) is 0 Å². The van der Waals surface area contributed by atoms with Gasteiger partial charge >= 0.3 is 0 Å². The summed E-state index contributed by atoms with van der Waals surface area (Å²) in [6, 6.07) is 0.00944. The van der Waals surface area contributed by atoms with E-state index >= 15 is 0 Å². The fourth-order valence-corrected chi connectivity index (χ4v) is 2.09. The Kier molecular flexibility index (Phi) is 5.03. The summed E-state index contributed by atoms with van der Waals surface area (Å²) in [5, 5.41) is 3.50. The van der Waals surface area contributed by atoms with Crippen LogP contribution in [0.1, 0.15) is 44.2 Å². The highest BCUT2D eigenvalue weighted by Crippen LogP contribution is 2.18. The molecule has 0 aromatic carbocycles. The molecule has 5 nitrogen and oxygen atoms in total. The van der Waals surface area contributed by atoms with Crippen molar-refractivity contribution in [2.24, 2.45) is 0 Å². The van der Waals surface area contributed by atoms with Crippen molar-refractivity contribution >= 4 is 0 Å². The van der Waals surface area contributed by atoms with Gasteiger partial charge in [0.1, 0.15) is 11.9 Å². The van der Waals surface area contributed by atoms with E-state index < -0.39 is 0 Å². The molecule has 1 N–H and O–H groups in total. The third-order valence-electron chi connectivity index (χ3n) is 2.95. The summed E-state index contributed by atoms with van der Waals surface area (Å²) in [6.45, 7) is 6.22. The number of imidazole rings is 1. The molecule has 2 aromatic rings. The minimum absolute atomic E-state index is 0.00944. The van der Waals surface area contributed by atoms with Crippen LogP contribution in [0.15, 0.2) is 31.0 Å². The Balaban J connectivity index is 2.29. The molecule has 2 rings (SSSR count). The van der Waals surface area contributed by atoms with E-state index in [1.807, 2.05) is 12.4 Å². The van der Waals surface area contributed by atoms with Crippen LogP contribution in [0.2, 0.25) is 0 Å². The van der Waals surface area contributed by atoms with Gasteiger partial charge in [0, 0.05) is 31.3 Å². The molecule has 0 aliphatic rings. The summed E-state index contributed by atoms with van der Waals surface area (Å²) in [5.41, 5.74) is 0.916. The van der Waals surface area contributed by atoms with E-state index in [9.17, 15) is 0 Å². The molecule has 0 amide bonds. The van der Waals surface area contributed by atoms with E-state index in [0.29, 0.717) is 0 Å². The Morgan fingerprint density at radius 1 is 1.16 bits per heavy atom. The van der Waals surface area contributed by atoms with Gasteiger partial charge in [-0.25, -0.2) is 4.98 Å². The maximum atomic E-state index is 4.50. The van der Waals surface area contributed by atoms with Crippen LogP contribution in [0.25, 0.3) is 0 Å². The van der Waals surface area contributed by atoms with Gasteiger partial charge in [-0.2, -0.15) is 0 Å². The van der Waals surface area contributed by atoms with Gasteiger partial charge in [0.15, 0.2) is 0 Å². The van der Waals surface area contributed by atoms with E-state index in [1.165, 1.54) is 0 Å². The predicted molar refractivity (Wildman–Crippen MR) is 74.7 cm³/mol. The zero-order valence-electron chi connectivity index (χ0n) is 11.6. The molecule has 0 radical (unpaired) electrons. The van der Waals surface area contributed by atoms with E-state index in [4.69, 9.17) is 0 Å². The Bertz CT molecular complexity index is 480. The first kappa shape index (κ1) is 13.7. The molecule has 19 heavy (non-hydrogen) atoms. The lowest BCUT2D eigenvalue weighted by Gasteiger charge is -2.18. The van der Waals surface area contributed by atoms with Gasteiger partial charge in [0.2, 0.25) is 0 Å². The third-order valence-corrected chi connectivity index (χ3v) is 2.95. The van der Waals surface area contributed by atoms with Crippen molar-refractivity contribution in [3.63, 3.8) is 0 Å². The number of nitrogens with zero attached hydrogens (tertiary/aromatic N) is 4. The van der Waals surface area contributed by atoms with Crippen LogP contribution >= 0.6 is 0 Å². The molecule has 0 aliphatic carbocycles. The van der Waals surface area contributed by atoms with Crippen LogP contribution in [0.3, 0.4) is 0 Å². The maximum Gasteiger partial charge on any atom is 0.132 e. The van der Waals surface area contributed by atoms with E-state index in [-0.39, 0.29) is 6.04 Å². The van der Waals surface area contributed by atoms with Gasteiger partial charge in [-0.1, -0.05) is 13.8 Å². The number of rotatable bonds is 7. The molecule has 1 atom stereocenters. The number of hydrogen-bond donors (Lipinski definition) is 1. The number of aryl methyl sites for hydroxylation is 1. The van der Waals surface area contributed by atoms with Crippen LogP contribution in [0.4, 0.5) is 0 Å². The van der Waals surface area contributed by atoms with Crippen molar-refractivity contribution in [2.45, 2.75) is 39.3 Å². The average molecular weight is 259 g/mol. The topological polar surface area (TPSA) is 55.6 Å². The minimum atomic E-state index is 0.00944. The fraction of sp³-hybridized carbons (Fsp3) is 0.500. The first-order valence-corrected chi connectivity index (χ1v) is 6.87. The van der Waals surface area contributed by atoms with Gasteiger partial charge in [-0.3, -0.25) is 9.97 Å². The zero-order valence-corrected chi connectivity index (χ0v) is 11.6. The Labute approximate surface area is 114 Å². The molecule has 0 aliphatic heterocycles. The Hall–Kier alpha value is -1.75. The second-order valence-electron chi connectivity index (χ2n) is 4.50. The molecule has 0 bridgehead atoms. The first-order valence-electron chi connectivity index (χ1n) is 6.87. The Morgan fingerprint density at radius 2 is 2.05 bits per heavy atom. The van der Waals surface area contributed by atoms with Crippen LogP contribution in [-0.4, -0.2) is 26.1 Å². The van der Waals surface area contributed by atoms with Crippen molar-refractivity contribution in [1.29, 1.82) is 0 Å². The van der Waals surface area contributed by atoms with Crippen molar-refractivity contribution in [1.82, 2.24) is 24.8 Å². The highest BCUT2D eigenvalue weighted by atomic mass is 15.1. The lowest BCUT2D eigenvalue weighted by Crippen LogP contribution is -2.27. The lowest BCUT2D eigenvalue weighted by molar-refractivity contribution is 0.520. The van der Waals surface area contributed by atoms with Crippen LogP contribution in [-0.2, 0) is 6.54 Å². The second-order valence-corrected chi connectivity index (χ2v) is 4.50. The molecule has 5 heteroatoms. The zero-order chi connectivity index (χ0) is 13.5. The van der Waals surface area contributed by atoms with Gasteiger partial charge < -0.3 is 9.88 Å². The van der Waals surface area contributed by atoms with Crippen molar-refractivity contribution < 1.29 is 0 Å². The van der Waals surface area contributed by atoms with E-state index in [2.05, 4.69) is 38.7 Å². The maximum absolute atomic E-state index is 4.50. The molecule has 0 saturated heterocycles. The molecule has 2 aromatic heterocycles. The molecule has 0 spiro atoms. The smallest absolute Gasteiger partial charge is 0.132 e. The van der Waals surface area contributed by atoms with Crippen LogP contribution in [0.5, 0.6) is 0 Å². The van der Waals surface area contributed by atoms with Crippen LogP contribution < -0.4 is 5.32 Å². The third kappa shape index (κ3) is 3.38. The SMILES string of the molecule is CCCNC(c1cnccn1)c1nccn1CCC. The molecule has 0 fully saturated rings. The summed E-state index contributed by atoms with van der Waals surface area (Å²) in [4.78, 5) is 13.1. The summed E-state index contributed by atoms with van der Waals surface area (Å²) in [5.74, 6) is 1.01. The summed E-state index contributed by atoms with van der Waals surface area (Å²) in [6.07, 6.45) is 11.3. The molecule has 102 valence electrons. The van der Waals surface area contributed by atoms with E-state index in [0.717, 1.165) is 37.4 Å². The van der Waals surface area contributed by atoms with Gasteiger partial charge in [-0.05, 0) is 19.4 Å². The number of nitrogens with one attached hydrogen (secondary N) is 1. The highest BCUT2D eigenvalue weighted by molar-refractivity contribution is 5.15. The van der Waals surface area contributed by atoms with E-state index in [1.54, 1.807) is 18.6 Å². The minimum Gasteiger partial charge on any atom is -0.333 e. The highest BCUT2D eigenvalue weighted by Gasteiger charge is 2.19. The number of aromatic nitrogens is 4. The largest absolute Gasteiger partial charge is 0.333 e. The summed E-state index contributed by atoms with van der Waals surface area (Å²) < 4.78 is 2.18. The van der Waals surface area contributed by atoms with Crippen LogP contribution in [0, 0.1) is 0 Å². The van der Waals surface area contributed by atoms with Crippen molar-refractivity contribution in [3.05, 3.63) is 42.5 Å². The first-order chi connectivity index (χ1) is 9.36.